The Balaban J connectivity index is 2.91. The van der Waals surface area contributed by atoms with E-state index in [1.54, 1.807) is 0 Å². The van der Waals surface area contributed by atoms with Crippen LogP contribution in [-0.4, -0.2) is 20.1 Å². The zero-order valence-electron chi connectivity index (χ0n) is 9.61. The first-order chi connectivity index (χ1) is 8.01. The van der Waals surface area contributed by atoms with Crippen LogP contribution in [0.3, 0.4) is 0 Å². The SMILES string of the molecule is CCCCNS(=O)(=O)c1ccc(F)c(CO)c1. The van der Waals surface area contributed by atoms with E-state index < -0.39 is 22.4 Å². The van der Waals surface area contributed by atoms with Crippen molar-refractivity contribution in [2.45, 2.75) is 31.3 Å². The van der Waals surface area contributed by atoms with Gasteiger partial charge in [0.2, 0.25) is 10.0 Å². The van der Waals surface area contributed by atoms with Crippen LogP contribution in [0.5, 0.6) is 0 Å². The van der Waals surface area contributed by atoms with E-state index in [-0.39, 0.29) is 10.5 Å². The number of sulfonamides is 1. The fraction of sp³-hybridized carbons (Fsp3) is 0.455. The molecule has 0 unspecified atom stereocenters. The van der Waals surface area contributed by atoms with Crippen LogP contribution < -0.4 is 4.72 Å². The quantitative estimate of drug-likeness (QED) is 0.761. The van der Waals surface area contributed by atoms with Gasteiger partial charge in [0.05, 0.1) is 11.5 Å². The zero-order chi connectivity index (χ0) is 12.9. The van der Waals surface area contributed by atoms with Gasteiger partial charge in [-0.05, 0) is 24.6 Å². The Hall–Kier alpha value is -0.980. The number of aliphatic hydroxyl groups is 1. The minimum absolute atomic E-state index is 0.0247. The standard InChI is InChI=1S/C11H16FNO3S/c1-2-3-6-13-17(15,16)10-4-5-11(12)9(7-10)8-14/h4-5,7,13-14H,2-3,6,8H2,1H3. The summed E-state index contributed by atoms with van der Waals surface area (Å²) < 4.78 is 39.0. The molecule has 0 aliphatic heterocycles. The number of halogens is 1. The third-order valence-electron chi connectivity index (χ3n) is 2.32. The molecule has 1 aromatic rings. The summed E-state index contributed by atoms with van der Waals surface area (Å²) in [4.78, 5) is -0.0287. The molecule has 0 aromatic heterocycles. The molecule has 0 atom stereocenters. The van der Waals surface area contributed by atoms with Gasteiger partial charge in [-0.3, -0.25) is 0 Å². The Bertz CT molecular complexity index is 474. The highest BCUT2D eigenvalue weighted by Crippen LogP contribution is 2.15. The molecule has 1 aromatic carbocycles. The van der Waals surface area contributed by atoms with E-state index in [0.717, 1.165) is 25.0 Å². The number of aliphatic hydroxyl groups excluding tert-OH is 1. The van der Waals surface area contributed by atoms with Crippen LogP contribution in [0, 0.1) is 5.82 Å². The van der Waals surface area contributed by atoms with Gasteiger partial charge in [0.1, 0.15) is 5.82 Å². The lowest BCUT2D eigenvalue weighted by molar-refractivity contribution is 0.275. The lowest BCUT2D eigenvalue weighted by Gasteiger charge is -2.07. The maximum absolute atomic E-state index is 13.1. The predicted molar refractivity (Wildman–Crippen MR) is 62.4 cm³/mol. The van der Waals surface area contributed by atoms with Crippen LogP contribution in [0.2, 0.25) is 0 Å². The van der Waals surface area contributed by atoms with Crippen molar-refractivity contribution in [3.63, 3.8) is 0 Å². The van der Waals surface area contributed by atoms with E-state index >= 15 is 0 Å². The van der Waals surface area contributed by atoms with Gasteiger partial charge in [-0.25, -0.2) is 17.5 Å². The smallest absolute Gasteiger partial charge is 0.240 e. The maximum atomic E-state index is 13.1. The molecule has 0 bridgehead atoms. The summed E-state index contributed by atoms with van der Waals surface area (Å²) >= 11 is 0. The second-order valence-corrected chi connectivity index (χ2v) is 5.43. The van der Waals surface area contributed by atoms with Gasteiger partial charge in [-0.15, -0.1) is 0 Å². The lowest BCUT2D eigenvalue weighted by atomic mass is 10.2. The minimum atomic E-state index is -3.61. The van der Waals surface area contributed by atoms with Gasteiger partial charge in [0.25, 0.3) is 0 Å². The molecule has 0 fully saturated rings. The van der Waals surface area contributed by atoms with Crippen molar-refractivity contribution in [3.05, 3.63) is 29.6 Å². The van der Waals surface area contributed by atoms with Crippen LogP contribution in [0.4, 0.5) is 4.39 Å². The maximum Gasteiger partial charge on any atom is 0.240 e. The van der Waals surface area contributed by atoms with E-state index in [4.69, 9.17) is 5.11 Å². The largest absolute Gasteiger partial charge is 0.392 e. The molecule has 0 saturated heterocycles. The number of benzene rings is 1. The lowest BCUT2D eigenvalue weighted by Crippen LogP contribution is -2.24. The number of unbranched alkanes of at least 4 members (excludes halogenated alkanes) is 1. The topological polar surface area (TPSA) is 66.4 Å². The van der Waals surface area contributed by atoms with E-state index in [9.17, 15) is 12.8 Å². The van der Waals surface area contributed by atoms with Crippen molar-refractivity contribution in [2.24, 2.45) is 0 Å². The third kappa shape index (κ3) is 3.76. The van der Waals surface area contributed by atoms with Crippen molar-refractivity contribution in [3.8, 4) is 0 Å². The molecule has 0 saturated carbocycles. The van der Waals surface area contributed by atoms with Gasteiger partial charge in [0.15, 0.2) is 0 Å². The molecule has 4 nitrogen and oxygen atoms in total. The van der Waals surface area contributed by atoms with Crippen LogP contribution in [-0.2, 0) is 16.6 Å². The Morgan fingerprint density at radius 1 is 1.41 bits per heavy atom. The molecule has 0 aliphatic carbocycles. The summed E-state index contributed by atoms with van der Waals surface area (Å²) in [5.41, 5.74) is -0.0247. The van der Waals surface area contributed by atoms with Crippen LogP contribution in [0.15, 0.2) is 23.1 Å². The van der Waals surface area contributed by atoms with Crippen LogP contribution in [0.25, 0.3) is 0 Å². The molecular weight excluding hydrogens is 245 g/mol. The summed E-state index contributed by atoms with van der Waals surface area (Å²) in [6.45, 7) is 1.78. The average molecular weight is 261 g/mol. The first-order valence-electron chi connectivity index (χ1n) is 5.40. The Morgan fingerprint density at radius 3 is 2.71 bits per heavy atom. The Morgan fingerprint density at radius 2 is 2.12 bits per heavy atom. The van der Waals surface area contributed by atoms with Gasteiger partial charge < -0.3 is 5.11 Å². The highest BCUT2D eigenvalue weighted by molar-refractivity contribution is 7.89. The Labute approximate surface area is 101 Å². The van der Waals surface area contributed by atoms with E-state index in [1.165, 1.54) is 6.07 Å². The number of rotatable bonds is 6. The van der Waals surface area contributed by atoms with Crippen LogP contribution in [0.1, 0.15) is 25.3 Å². The summed E-state index contributed by atoms with van der Waals surface area (Å²) in [5, 5.41) is 8.87. The molecule has 0 heterocycles. The van der Waals surface area contributed by atoms with Gasteiger partial charge in [0, 0.05) is 12.1 Å². The normalized spacial score (nSPS) is 11.7. The van der Waals surface area contributed by atoms with Crippen molar-refractivity contribution >= 4 is 10.0 Å². The molecule has 96 valence electrons. The summed E-state index contributed by atoms with van der Waals surface area (Å²) in [6, 6.07) is 3.37. The molecule has 0 radical (unpaired) electrons. The first-order valence-corrected chi connectivity index (χ1v) is 6.88. The van der Waals surface area contributed by atoms with Crippen molar-refractivity contribution in [2.75, 3.05) is 6.54 Å². The van der Waals surface area contributed by atoms with Gasteiger partial charge >= 0.3 is 0 Å². The minimum Gasteiger partial charge on any atom is -0.392 e. The molecule has 2 N–H and O–H groups in total. The van der Waals surface area contributed by atoms with Crippen molar-refractivity contribution < 1.29 is 17.9 Å². The second kappa shape index (κ2) is 6.09. The molecule has 17 heavy (non-hydrogen) atoms. The fourth-order valence-corrected chi connectivity index (χ4v) is 2.43. The summed E-state index contributed by atoms with van der Waals surface area (Å²) in [6.07, 6.45) is 1.63. The van der Waals surface area contributed by atoms with E-state index in [0.29, 0.717) is 6.54 Å². The van der Waals surface area contributed by atoms with Gasteiger partial charge in [-0.2, -0.15) is 0 Å². The molecule has 0 spiro atoms. The van der Waals surface area contributed by atoms with Crippen molar-refractivity contribution in [1.82, 2.24) is 4.72 Å². The molecule has 0 amide bonds. The van der Waals surface area contributed by atoms with Gasteiger partial charge in [-0.1, -0.05) is 13.3 Å². The molecule has 0 aliphatic rings. The zero-order valence-corrected chi connectivity index (χ0v) is 10.4. The average Bonchev–Trinajstić information content (AvgIpc) is 2.29. The van der Waals surface area contributed by atoms with Crippen molar-refractivity contribution in [1.29, 1.82) is 0 Å². The Kier molecular flexibility index (Phi) is 5.04. The number of nitrogens with one attached hydrogen (secondary N) is 1. The molecular formula is C11H16FNO3S. The fourth-order valence-electron chi connectivity index (χ4n) is 1.31. The third-order valence-corrected chi connectivity index (χ3v) is 3.78. The number of hydrogen-bond donors (Lipinski definition) is 2. The van der Waals surface area contributed by atoms with E-state index in [1.807, 2.05) is 6.92 Å². The molecule has 6 heteroatoms. The summed E-state index contributed by atoms with van der Waals surface area (Å²) in [7, 11) is -3.61. The highest BCUT2D eigenvalue weighted by Gasteiger charge is 2.15. The second-order valence-electron chi connectivity index (χ2n) is 3.66. The van der Waals surface area contributed by atoms with Crippen LogP contribution >= 0.6 is 0 Å². The predicted octanol–water partition coefficient (Wildman–Crippen LogP) is 1.40. The number of hydrogen-bond acceptors (Lipinski definition) is 3. The first kappa shape index (κ1) is 14.1. The highest BCUT2D eigenvalue weighted by atomic mass is 32.2. The van der Waals surface area contributed by atoms with E-state index in [2.05, 4.69) is 4.72 Å². The molecule has 1 rings (SSSR count). The summed E-state index contributed by atoms with van der Waals surface area (Å²) in [5.74, 6) is -0.611. The monoisotopic (exact) mass is 261 g/mol.